The fourth-order valence-corrected chi connectivity index (χ4v) is 3.57. The van der Waals surface area contributed by atoms with Crippen molar-refractivity contribution >= 4 is 11.8 Å². The molecule has 6 nitrogen and oxygen atoms in total. The Labute approximate surface area is 163 Å². The van der Waals surface area contributed by atoms with Crippen molar-refractivity contribution in [3.8, 4) is 0 Å². The summed E-state index contributed by atoms with van der Waals surface area (Å²) in [4.78, 5) is 32.4. The summed E-state index contributed by atoms with van der Waals surface area (Å²) in [5.74, 6) is 0.230. The maximum absolute atomic E-state index is 12.1. The van der Waals surface area contributed by atoms with Gasteiger partial charge in [-0.15, -0.1) is 0 Å². The number of likely N-dealkylation sites (tertiary alicyclic amines) is 1. The third kappa shape index (κ3) is 7.67. The molecular formula is C21H34N4O2. The Morgan fingerprint density at radius 3 is 2.44 bits per heavy atom. The molecule has 0 unspecified atom stereocenters. The van der Waals surface area contributed by atoms with Gasteiger partial charge in [0, 0.05) is 64.0 Å². The first-order valence-corrected chi connectivity index (χ1v) is 10.3. The molecule has 0 aromatic carbocycles. The van der Waals surface area contributed by atoms with E-state index in [0.717, 1.165) is 52.0 Å². The number of nitrogens with one attached hydrogen (secondary N) is 1. The third-order valence-corrected chi connectivity index (χ3v) is 5.33. The molecule has 0 aliphatic carbocycles. The third-order valence-electron chi connectivity index (χ3n) is 5.33. The number of pyridine rings is 1. The van der Waals surface area contributed by atoms with E-state index in [4.69, 9.17) is 0 Å². The predicted molar refractivity (Wildman–Crippen MR) is 107 cm³/mol. The van der Waals surface area contributed by atoms with Crippen LogP contribution in [-0.4, -0.2) is 65.4 Å². The standard InChI is InChI=1S/C21H34N4O2/c1-3-25(4-2)21(27)7-5-6-20(26)23-19-11-16-24(17-12-19)15-10-18-8-13-22-14-9-18/h8-9,13-14,19H,3-7,10-12,15-17H2,1-2H3,(H,23,26). The van der Waals surface area contributed by atoms with Gasteiger partial charge in [-0.2, -0.15) is 0 Å². The van der Waals surface area contributed by atoms with E-state index in [-0.39, 0.29) is 17.9 Å². The second kappa shape index (κ2) is 11.7. The van der Waals surface area contributed by atoms with Crippen LogP contribution in [0.2, 0.25) is 0 Å². The molecule has 0 bridgehead atoms. The molecule has 0 atom stereocenters. The lowest BCUT2D eigenvalue weighted by atomic mass is 10.0. The van der Waals surface area contributed by atoms with Crippen molar-refractivity contribution in [2.75, 3.05) is 32.7 Å². The molecule has 0 radical (unpaired) electrons. The van der Waals surface area contributed by atoms with Crippen LogP contribution in [0.25, 0.3) is 0 Å². The fraction of sp³-hybridized carbons (Fsp3) is 0.667. The lowest BCUT2D eigenvalue weighted by Gasteiger charge is -2.32. The van der Waals surface area contributed by atoms with E-state index in [1.807, 2.05) is 31.1 Å². The first-order chi connectivity index (χ1) is 13.1. The van der Waals surface area contributed by atoms with Crippen LogP contribution in [0.4, 0.5) is 0 Å². The SMILES string of the molecule is CCN(CC)C(=O)CCCC(=O)NC1CCN(CCc2ccncc2)CC1. The van der Waals surface area contributed by atoms with E-state index in [1.165, 1.54) is 5.56 Å². The first-order valence-electron chi connectivity index (χ1n) is 10.3. The molecular weight excluding hydrogens is 340 g/mol. The molecule has 27 heavy (non-hydrogen) atoms. The van der Waals surface area contributed by atoms with Crippen LogP contribution in [-0.2, 0) is 16.0 Å². The normalized spacial score (nSPS) is 15.5. The molecule has 1 saturated heterocycles. The van der Waals surface area contributed by atoms with Gasteiger partial charge in [0.1, 0.15) is 0 Å². The lowest BCUT2D eigenvalue weighted by Crippen LogP contribution is -2.45. The number of nitrogens with zero attached hydrogens (tertiary/aromatic N) is 3. The highest BCUT2D eigenvalue weighted by atomic mass is 16.2. The first kappa shape index (κ1) is 21.4. The van der Waals surface area contributed by atoms with Gasteiger partial charge in [0.15, 0.2) is 0 Å². The van der Waals surface area contributed by atoms with E-state index in [0.29, 0.717) is 19.3 Å². The Hall–Kier alpha value is -1.95. The lowest BCUT2D eigenvalue weighted by molar-refractivity contribution is -0.131. The van der Waals surface area contributed by atoms with Crippen LogP contribution in [0.3, 0.4) is 0 Å². The van der Waals surface area contributed by atoms with E-state index in [9.17, 15) is 9.59 Å². The zero-order valence-corrected chi connectivity index (χ0v) is 16.8. The summed E-state index contributed by atoms with van der Waals surface area (Å²) < 4.78 is 0. The molecule has 1 aromatic rings. The molecule has 1 aromatic heterocycles. The molecule has 2 amide bonds. The molecule has 150 valence electrons. The molecule has 1 aliphatic heterocycles. The number of amides is 2. The van der Waals surface area contributed by atoms with E-state index in [2.05, 4.69) is 27.3 Å². The van der Waals surface area contributed by atoms with Gasteiger partial charge >= 0.3 is 0 Å². The zero-order valence-electron chi connectivity index (χ0n) is 16.8. The fourth-order valence-electron chi connectivity index (χ4n) is 3.57. The average Bonchev–Trinajstić information content (AvgIpc) is 2.69. The number of aromatic nitrogens is 1. The summed E-state index contributed by atoms with van der Waals surface area (Å²) in [7, 11) is 0. The van der Waals surface area contributed by atoms with Crippen LogP contribution >= 0.6 is 0 Å². The van der Waals surface area contributed by atoms with Crippen molar-refractivity contribution < 1.29 is 9.59 Å². The van der Waals surface area contributed by atoms with Crippen molar-refractivity contribution in [3.05, 3.63) is 30.1 Å². The largest absolute Gasteiger partial charge is 0.353 e. The number of hydrogen-bond acceptors (Lipinski definition) is 4. The molecule has 1 N–H and O–H groups in total. The van der Waals surface area contributed by atoms with Crippen molar-refractivity contribution in [3.63, 3.8) is 0 Å². The van der Waals surface area contributed by atoms with Gasteiger partial charge in [0.2, 0.25) is 11.8 Å². The van der Waals surface area contributed by atoms with Crippen LogP contribution in [0.1, 0.15) is 51.5 Å². The van der Waals surface area contributed by atoms with E-state index >= 15 is 0 Å². The monoisotopic (exact) mass is 374 g/mol. The highest BCUT2D eigenvalue weighted by Crippen LogP contribution is 2.12. The molecule has 0 saturated carbocycles. The van der Waals surface area contributed by atoms with Crippen molar-refractivity contribution in [1.29, 1.82) is 0 Å². The summed E-state index contributed by atoms with van der Waals surface area (Å²) in [6.45, 7) is 8.54. The molecule has 2 heterocycles. The molecule has 1 fully saturated rings. The molecule has 1 aliphatic rings. The molecule has 6 heteroatoms. The van der Waals surface area contributed by atoms with Crippen LogP contribution < -0.4 is 5.32 Å². The summed E-state index contributed by atoms with van der Waals surface area (Å²) >= 11 is 0. The number of hydrogen-bond donors (Lipinski definition) is 1. The average molecular weight is 375 g/mol. The topological polar surface area (TPSA) is 65.5 Å². The quantitative estimate of drug-likeness (QED) is 0.682. The summed E-state index contributed by atoms with van der Waals surface area (Å²) in [6, 6.07) is 4.41. The summed E-state index contributed by atoms with van der Waals surface area (Å²) in [6.07, 6.45) is 8.25. The number of carbonyl (C=O) groups is 2. The van der Waals surface area contributed by atoms with Gasteiger partial charge in [-0.05, 0) is 57.2 Å². The minimum atomic E-state index is 0.0811. The Balaban J connectivity index is 1.58. The number of piperidine rings is 1. The second-order valence-electron chi connectivity index (χ2n) is 7.21. The predicted octanol–water partition coefficient (Wildman–Crippen LogP) is 2.24. The van der Waals surface area contributed by atoms with Gasteiger partial charge < -0.3 is 15.1 Å². The van der Waals surface area contributed by atoms with Crippen molar-refractivity contribution in [2.45, 2.75) is 58.4 Å². The van der Waals surface area contributed by atoms with Crippen LogP contribution in [0.15, 0.2) is 24.5 Å². The summed E-state index contributed by atoms with van der Waals surface area (Å²) in [5, 5.41) is 3.15. The highest BCUT2D eigenvalue weighted by molar-refractivity contribution is 5.79. The minimum absolute atomic E-state index is 0.0811. The second-order valence-corrected chi connectivity index (χ2v) is 7.21. The van der Waals surface area contributed by atoms with Crippen LogP contribution in [0, 0.1) is 0 Å². The molecule has 2 rings (SSSR count). The Morgan fingerprint density at radius 1 is 1.15 bits per heavy atom. The van der Waals surface area contributed by atoms with Gasteiger partial charge in [-0.3, -0.25) is 14.6 Å². The number of carbonyl (C=O) groups excluding carboxylic acids is 2. The van der Waals surface area contributed by atoms with Crippen molar-refractivity contribution in [1.82, 2.24) is 20.1 Å². The van der Waals surface area contributed by atoms with Gasteiger partial charge in [-0.25, -0.2) is 0 Å². The maximum Gasteiger partial charge on any atom is 0.222 e. The smallest absolute Gasteiger partial charge is 0.222 e. The number of rotatable bonds is 10. The Morgan fingerprint density at radius 2 is 1.81 bits per heavy atom. The maximum atomic E-state index is 12.1. The zero-order chi connectivity index (χ0) is 19.5. The van der Waals surface area contributed by atoms with Gasteiger partial charge in [-0.1, -0.05) is 0 Å². The van der Waals surface area contributed by atoms with Crippen LogP contribution in [0.5, 0.6) is 0 Å². The molecule has 0 spiro atoms. The summed E-state index contributed by atoms with van der Waals surface area (Å²) in [5.41, 5.74) is 1.32. The van der Waals surface area contributed by atoms with E-state index in [1.54, 1.807) is 0 Å². The Kier molecular flexibility index (Phi) is 9.25. The Bertz CT molecular complexity index is 567. The highest BCUT2D eigenvalue weighted by Gasteiger charge is 2.20. The van der Waals surface area contributed by atoms with Gasteiger partial charge in [0.25, 0.3) is 0 Å². The van der Waals surface area contributed by atoms with Gasteiger partial charge in [0.05, 0.1) is 0 Å². The van der Waals surface area contributed by atoms with Crippen molar-refractivity contribution in [2.24, 2.45) is 0 Å². The van der Waals surface area contributed by atoms with E-state index < -0.39 is 0 Å². The minimum Gasteiger partial charge on any atom is -0.353 e.